The lowest BCUT2D eigenvalue weighted by Gasteiger charge is -2.17. The lowest BCUT2D eigenvalue weighted by Crippen LogP contribution is -2.14. The van der Waals surface area contributed by atoms with Gasteiger partial charge < -0.3 is 10.5 Å². The largest absolute Gasteiger partial charge is 0.496 e. The molecule has 3 nitrogen and oxygen atoms in total. The van der Waals surface area contributed by atoms with Crippen LogP contribution < -0.4 is 10.5 Å². The summed E-state index contributed by atoms with van der Waals surface area (Å²) in [4.78, 5) is 4.11. The maximum atomic E-state index is 6.30. The summed E-state index contributed by atoms with van der Waals surface area (Å²) in [6.07, 6.45) is 3.56. The van der Waals surface area contributed by atoms with Crippen molar-refractivity contribution in [3.63, 3.8) is 0 Å². The van der Waals surface area contributed by atoms with Gasteiger partial charge in [-0.05, 0) is 48.2 Å². The number of aromatic nitrogens is 1. The van der Waals surface area contributed by atoms with Crippen molar-refractivity contribution < 1.29 is 4.74 Å². The van der Waals surface area contributed by atoms with Crippen molar-refractivity contribution in [2.24, 2.45) is 5.73 Å². The topological polar surface area (TPSA) is 48.1 Å². The lowest BCUT2D eigenvalue weighted by molar-refractivity contribution is 0.411. The van der Waals surface area contributed by atoms with Crippen molar-refractivity contribution in [2.75, 3.05) is 7.11 Å². The van der Waals surface area contributed by atoms with Crippen LogP contribution >= 0.6 is 0 Å². The van der Waals surface area contributed by atoms with Gasteiger partial charge in [-0.1, -0.05) is 12.1 Å². The van der Waals surface area contributed by atoms with Crippen LogP contribution in [0.1, 0.15) is 28.3 Å². The van der Waals surface area contributed by atoms with E-state index in [4.69, 9.17) is 10.5 Å². The molecule has 1 atom stereocenters. The number of rotatable bonds is 3. The minimum absolute atomic E-state index is 0.150. The average molecular weight is 242 g/mol. The fourth-order valence-electron chi connectivity index (χ4n) is 2.11. The quantitative estimate of drug-likeness (QED) is 0.900. The minimum Gasteiger partial charge on any atom is -0.496 e. The molecule has 0 aliphatic heterocycles. The lowest BCUT2D eigenvalue weighted by atomic mass is 9.95. The normalized spacial score (nSPS) is 12.2. The third kappa shape index (κ3) is 2.36. The van der Waals surface area contributed by atoms with E-state index in [1.807, 2.05) is 38.2 Å². The molecule has 94 valence electrons. The second-order valence-corrected chi connectivity index (χ2v) is 4.44. The van der Waals surface area contributed by atoms with Gasteiger partial charge in [-0.3, -0.25) is 4.98 Å². The summed E-state index contributed by atoms with van der Waals surface area (Å²) >= 11 is 0. The molecule has 1 unspecified atom stereocenters. The standard InChI is InChI=1S/C15H18N2O/c1-10-8-14(18-3)11(2)7-13(10)15(16)12-5-4-6-17-9-12/h4-9,15H,16H2,1-3H3. The third-order valence-electron chi connectivity index (χ3n) is 3.16. The van der Waals surface area contributed by atoms with E-state index in [1.54, 1.807) is 13.3 Å². The zero-order chi connectivity index (χ0) is 13.1. The van der Waals surface area contributed by atoms with Crippen LogP contribution in [0.5, 0.6) is 5.75 Å². The molecule has 3 heteroatoms. The van der Waals surface area contributed by atoms with Crippen LogP contribution in [0.15, 0.2) is 36.7 Å². The molecule has 0 aliphatic rings. The number of nitrogens with two attached hydrogens (primary N) is 1. The first-order chi connectivity index (χ1) is 8.63. The summed E-state index contributed by atoms with van der Waals surface area (Å²) < 4.78 is 5.31. The smallest absolute Gasteiger partial charge is 0.122 e. The highest BCUT2D eigenvalue weighted by Crippen LogP contribution is 2.28. The van der Waals surface area contributed by atoms with Crippen molar-refractivity contribution in [3.8, 4) is 5.75 Å². The second kappa shape index (κ2) is 5.19. The Bertz CT molecular complexity index is 538. The number of hydrogen-bond acceptors (Lipinski definition) is 3. The number of benzene rings is 1. The van der Waals surface area contributed by atoms with Gasteiger partial charge in [-0.15, -0.1) is 0 Å². The fraction of sp³-hybridized carbons (Fsp3) is 0.267. The van der Waals surface area contributed by atoms with Gasteiger partial charge >= 0.3 is 0 Å². The van der Waals surface area contributed by atoms with Crippen molar-refractivity contribution in [1.29, 1.82) is 0 Å². The molecular formula is C15H18N2O. The fourth-order valence-corrected chi connectivity index (χ4v) is 2.11. The van der Waals surface area contributed by atoms with Gasteiger partial charge in [-0.25, -0.2) is 0 Å². The van der Waals surface area contributed by atoms with E-state index >= 15 is 0 Å². The average Bonchev–Trinajstić information content (AvgIpc) is 2.41. The maximum absolute atomic E-state index is 6.30. The van der Waals surface area contributed by atoms with Crippen LogP contribution in [-0.2, 0) is 0 Å². The van der Waals surface area contributed by atoms with E-state index < -0.39 is 0 Å². The van der Waals surface area contributed by atoms with Gasteiger partial charge in [0.1, 0.15) is 5.75 Å². The van der Waals surface area contributed by atoms with Crippen LogP contribution in [0.4, 0.5) is 0 Å². The number of methoxy groups -OCH3 is 1. The molecule has 1 heterocycles. The van der Waals surface area contributed by atoms with Crippen LogP contribution in [0.2, 0.25) is 0 Å². The van der Waals surface area contributed by atoms with E-state index in [-0.39, 0.29) is 6.04 Å². The molecule has 2 aromatic rings. The Kier molecular flexibility index (Phi) is 3.63. The molecule has 0 fully saturated rings. The first-order valence-electron chi connectivity index (χ1n) is 5.94. The predicted octanol–water partition coefficient (Wildman–Crippen LogP) is 2.76. The summed E-state index contributed by atoms with van der Waals surface area (Å²) in [7, 11) is 1.68. The van der Waals surface area contributed by atoms with Gasteiger partial charge in [-0.2, -0.15) is 0 Å². The van der Waals surface area contributed by atoms with E-state index in [9.17, 15) is 0 Å². The molecule has 2 N–H and O–H groups in total. The van der Waals surface area contributed by atoms with Crippen LogP contribution in [-0.4, -0.2) is 12.1 Å². The van der Waals surface area contributed by atoms with Gasteiger partial charge in [0.25, 0.3) is 0 Å². The number of nitrogens with zero attached hydrogens (tertiary/aromatic N) is 1. The summed E-state index contributed by atoms with van der Waals surface area (Å²) in [5, 5.41) is 0. The predicted molar refractivity (Wildman–Crippen MR) is 72.7 cm³/mol. The maximum Gasteiger partial charge on any atom is 0.122 e. The Morgan fingerprint density at radius 2 is 2.00 bits per heavy atom. The van der Waals surface area contributed by atoms with E-state index in [0.29, 0.717) is 0 Å². The molecular weight excluding hydrogens is 224 g/mol. The monoisotopic (exact) mass is 242 g/mol. The van der Waals surface area contributed by atoms with Gasteiger partial charge in [0.2, 0.25) is 0 Å². The molecule has 0 saturated heterocycles. The summed E-state index contributed by atoms with van der Waals surface area (Å²) in [6, 6.07) is 7.87. The summed E-state index contributed by atoms with van der Waals surface area (Å²) in [6.45, 7) is 4.07. The molecule has 0 bridgehead atoms. The van der Waals surface area contributed by atoms with Crippen LogP contribution in [0.3, 0.4) is 0 Å². The molecule has 0 spiro atoms. The van der Waals surface area contributed by atoms with Gasteiger partial charge in [0.05, 0.1) is 13.2 Å². The number of pyridine rings is 1. The minimum atomic E-state index is -0.150. The molecule has 1 aromatic carbocycles. The zero-order valence-corrected chi connectivity index (χ0v) is 11.0. The first kappa shape index (κ1) is 12.6. The highest BCUT2D eigenvalue weighted by atomic mass is 16.5. The Morgan fingerprint density at radius 1 is 1.22 bits per heavy atom. The number of ether oxygens (including phenoxy) is 1. The molecule has 0 amide bonds. The molecule has 0 aliphatic carbocycles. The van der Waals surface area contributed by atoms with E-state index in [1.165, 1.54) is 0 Å². The van der Waals surface area contributed by atoms with Crippen molar-refractivity contribution in [1.82, 2.24) is 4.98 Å². The third-order valence-corrected chi connectivity index (χ3v) is 3.16. The second-order valence-electron chi connectivity index (χ2n) is 4.44. The van der Waals surface area contributed by atoms with Crippen LogP contribution in [0, 0.1) is 13.8 Å². The Morgan fingerprint density at radius 3 is 2.61 bits per heavy atom. The Hall–Kier alpha value is -1.87. The van der Waals surface area contributed by atoms with Gasteiger partial charge in [0.15, 0.2) is 0 Å². The number of hydrogen-bond donors (Lipinski definition) is 1. The van der Waals surface area contributed by atoms with E-state index in [0.717, 1.165) is 28.0 Å². The van der Waals surface area contributed by atoms with Crippen molar-refractivity contribution in [3.05, 3.63) is 58.9 Å². The Balaban J connectivity index is 2.43. The van der Waals surface area contributed by atoms with Crippen molar-refractivity contribution in [2.45, 2.75) is 19.9 Å². The highest BCUT2D eigenvalue weighted by Gasteiger charge is 2.13. The Labute approximate surface area is 108 Å². The SMILES string of the molecule is COc1cc(C)c(C(N)c2cccnc2)cc1C. The summed E-state index contributed by atoms with van der Waals surface area (Å²) in [5.41, 5.74) is 10.7. The van der Waals surface area contributed by atoms with Crippen LogP contribution in [0.25, 0.3) is 0 Å². The zero-order valence-electron chi connectivity index (χ0n) is 11.0. The van der Waals surface area contributed by atoms with E-state index in [2.05, 4.69) is 11.1 Å². The molecule has 0 radical (unpaired) electrons. The van der Waals surface area contributed by atoms with Gasteiger partial charge in [0, 0.05) is 12.4 Å². The highest BCUT2D eigenvalue weighted by molar-refractivity contribution is 5.45. The molecule has 2 rings (SSSR count). The first-order valence-corrected chi connectivity index (χ1v) is 5.94. The molecule has 0 saturated carbocycles. The number of aryl methyl sites for hydroxylation is 2. The molecule has 1 aromatic heterocycles. The van der Waals surface area contributed by atoms with Crippen molar-refractivity contribution >= 4 is 0 Å². The molecule has 18 heavy (non-hydrogen) atoms. The summed E-state index contributed by atoms with van der Waals surface area (Å²) in [5.74, 6) is 0.898.